The Morgan fingerprint density at radius 1 is 1.71 bits per heavy atom. The fourth-order valence-electron chi connectivity index (χ4n) is 2.02. The van der Waals surface area contributed by atoms with Crippen LogP contribution >= 0.6 is 0 Å². The highest BCUT2D eigenvalue weighted by Crippen LogP contribution is 2.17. The Kier molecular flexibility index (Phi) is 3.49. The monoisotopic (exact) mass is 238 g/mol. The van der Waals surface area contributed by atoms with Crippen LogP contribution in [0.5, 0.6) is 0 Å². The highest BCUT2D eigenvalue weighted by atomic mass is 16.5. The lowest BCUT2D eigenvalue weighted by Crippen LogP contribution is -2.43. The molecule has 1 aliphatic rings. The van der Waals surface area contributed by atoms with Crippen molar-refractivity contribution in [3.63, 3.8) is 0 Å². The van der Waals surface area contributed by atoms with Gasteiger partial charge in [-0.25, -0.2) is 4.79 Å². The van der Waals surface area contributed by atoms with E-state index in [0.29, 0.717) is 6.54 Å². The van der Waals surface area contributed by atoms with E-state index in [2.05, 4.69) is 22.3 Å². The molecule has 17 heavy (non-hydrogen) atoms. The highest BCUT2D eigenvalue weighted by Gasteiger charge is 2.28. The average molecular weight is 238 g/mol. The van der Waals surface area contributed by atoms with Crippen LogP contribution in [0.25, 0.3) is 0 Å². The van der Waals surface area contributed by atoms with E-state index in [1.165, 1.54) is 13.4 Å². The largest absolute Gasteiger partial charge is 0.463 e. The van der Waals surface area contributed by atoms with Crippen molar-refractivity contribution in [3.05, 3.63) is 23.7 Å². The Balaban J connectivity index is 1.99. The number of furan rings is 1. The molecule has 5 heteroatoms. The maximum atomic E-state index is 11.4. The van der Waals surface area contributed by atoms with Gasteiger partial charge in [0.15, 0.2) is 0 Å². The Labute approximate surface area is 101 Å². The molecule has 2 N–H and O–H groups in total. The standard InChI is InChI=1S/C12H18N2O3/c1-12(4-5-13-8-12)14-7-9-3-6-17-10(9)11(15)16-2/h3,6,13-14H,4-5,7-8H2,1-2H3. The van der Waals surface area contributed by atoms with Crippen molar-refractivity contribution in [1.82, 2.24) is 10.6 Å². The number of esters is 1. The molecule has 94 valence electrons. The summed E-state index contributed by atoms with van der Waals surface area (Å²) >= 11 is 0. The molecule has 1 saturated heterocycles. The van der Waals surface area contributed by atoms with Gasteiger partial charge in [-0.15, -0.1) is 0 Å². The Morgan fingerprint density at radius 3 is 3.18 bits per heavy atom. The summed E-state index contributed by atoms with van der Waals surface area (Å²) in [5.41, 5.74) is 0.926. The number of ether oxygens (including phenoxy) is 1. The first-order chi connectivity index (χ1) is 8.14. The van der Waals surface area contributed by atoms with Gasteiger partial charge in [0.05, 0.1) is 13.4 Å². The zero-order chi connectivity index (χ0) is 12.3. The summed E-state index contributed by atoms with van der Waals surface area (Å²) in [6.45, 7) is 4.75. The van der Waals surface area contributed by atoms with Crippen LogP contribution in [0.2, 0.25) is 0 Å². The molecule has 2 heterocycles. The summed E-state index contributed by atoms with van der Waals surface area (Å²) in [5.74, 6) is -0.143. The smallest absolute Gasteiger partial charge is 0.374 e. The Hall–Kier alpha value is -1.33. The van der Waals surface area contributed by atoms with Gasteiger partial charge >= 0.3 is 5.97 Å². The topological polar surface area (TPSA) is 63.5 Å². The molecular formula is C12H18N2O3. The average Bonchev–Trinajstić information content (AvgIpc) is 2.94. The van der Waals surface area contributed by atoms with Crippen LogP contribution in [-0.2, 0) is 11.3 Å². The zero-order valence-electron chi connectivity index (χ0n) is 10.2. The van der Waals surface area contributed by atoms with Crippen molar-refractivity contribution in [2.24, 2.45) is 0 Å². The van der Waals surface area contributed by atoms with Crippen molar-refractivity contribution >= 4 is 5.97 Å². The minimum absolute atomic E-state index is 0.0880. The van der Waals surface area contributed by atoms with Crippen LogP contribution in [-0.4, -0.2) is 31.7 Å². The molecular weight excluding hydrogens is 220 g/mol. The number of rotatable bonds is 4. The normalized spacial score (nSPS) is 23.9. The Bertz CT molecular complexity index is 394. The molecule has 1 aromatic rings. The van der Waals surface area contributed by atoms with Crippen LogP contribution in [0, 0.1) is 0 Å². The van der Waals surface area contributed by atoms with Gasteiger partial charge in [0, 0.05) is 24.2 Å². The summed E-state index contributed by atoms with van der Waals surface area (Å²) in [7, 11) is 1.35. The van der Waals surface area contributed by atoms with Gasteiger partial charge in [-0.05, 0) is 26.0 Å². The third-order valence-corrected chi connectivity index (χ3v) is 3.19. The molecule has 1 atom stereocenters. The summed E-state index contributed by atoms with van der Waals surface area (Å²) in [6.07, 6.45) is 2.59. The van der Waals surface area contributed by atoms with Crippen LogP contribution < -0.4 is 10.6 Å². The van der Waals surface area contributed by atoms with E-state index in [1.807, 2.05) is 0 Å². The number of nitrogens with one attached hydrogen (secondary N) is 2. The first kappa shape index (κ1) is 12.1. The molecule has 0 aromatic carbocycles. The van der Waals surface area contributed by atoms with Crippen LogP contribution in [0.15, 0.2) is 16.7 Å². The number of methoxy groups -OCH3 is 1. The van der Waals surface area contributed by atoms with Gasteiger partial charge in [0.2, 0.25) is 5.76 Å². The van der Waals surface area contributed by atoms with Gasteiger partial charge in [0.1, 0.15) is 0 Å². The van der Waals surface area contributed by atoms with Gasteiger partial charge in [-0.2, -0.15) is 0 Å². The molecule has 0 bridgehead atoms. The van der Waals surface area contributed by atoms with Gasteiger partial charge in [-0.1, -0.05) is 0 Å². The number of hydrogen-bond acceptors (Lipinski definition) is 5. The summed E-state index contributed by atoms with van der Waals surface area (Å²) in [6, 6.07) is 1.80. The lowest BCUT2D eigenvalue weighted by molar-refractivity contribution is 0.0563. The van der Waals surface area contributed by atoms with Gasteiger partial charge < -0.3 is 19.8 Å². The van der Waals surface area contributed by atoms with E-state index in [-0.39, 0.29) is 11.3 Å². The fraction of sp³-hybridized carbons (Fsp3) is 0.583. The van der Waals surface area contributed by atoms with E-state index in [1.54, 1.807) is 6.07 Å². The lowest BCUT2D eigenvalue weighted by Gasteiger charge is -2.24. The van der Waals surface area contributed by atoms with Gasteiger partial charge in [-0.3, -0.25) is 0 Å². The van der Waals surface area contributed by atoms with Crippen molar-refractivity contribution in [2.45, 2.75) is 25.4 Å². The quantitative estimate of drug-likeness (QED) is 0.763. The van der Waals surface area contributed by atoms with Crippen LogP contribution in [0.3, 0.4) is 0 Å². The second kappa shape index (κ2) is 4.89. The molecule has 2 rings (SSSR count). The minimum Gasteiger partial charge on any atom is -0.463 e. The molecule has 5 nitrogen and oxygen atoms in total. The molecule has 1 fully saturated rings. The maximum absolute atomic E-state index is 11.4. The third-order valence-electron chi connectivity index (χ3n) is 3.19. The predicted molar refractivity (Wildman–Crippen MR) is 62.8 cm³/mol. The first-order valence-corrected chi connectivity index (χ1v) is 5.75. The molecule has 0 spiro atoms. The fourth-order valence-corrected chi connectivity index (χ4v) is 2.02. The molecule has 0 amide bonds. The molecule has 1 aromatic heterocycles. The molecule has 1 aliphatic heterocycles. The van der Waals surface area contributed by atoms with E-state index in [0.717, 1.165) is 25.1 Å². The summed E-state index contributed by atoms with van der Waals surface area (Å²) < 4.78 is 9.79. The third kappa shape index (κ3) is 2.68. The minimum atomic E-state index is -0.429. The van der Waals surface area contributed by atoms with Crippen LogP contribution in [0.4, 0.5) is 0 Å². The number of hydrogen-bond donors (Lipinski definition) is 2. The van der Waals surface area contributed by atoms with Crippen LogP contribution in [0.1, 0.15) is 29.5 Å². The number of carbonyl (C=O) groups excluding carboxylic acids is 1. The summed E-state index contributed by atoms with van der Waals surface area (Å²) in [4.78, 5) is 11.4. The highest BCUT2D eigenvalue weighted by molar-refractivity contribution is 5.87. The molecule has 0 radical (unpaired) electrons. The van der Waals surface area contributed by atoms with Crippen molar-refractivity contribution < 1.29 is 13.9 Å². The number of carbonyl (C=O) groups is 1. The van der Waals surface area contributed by atoms with E-state index in [9.17, 15) is 4.79 Å². The van der Waals surface area contributed by atoms with Gasteiger partial charge in [0.25, 0.3) is 0 Å². The SMILES string of the molecule is COC(=O)c1occc1CNC1(C)CCNC1. The van der Waals surface area contributed by atoms with E-state index >= 15 is 0 Å². The van der Waals surface area contributed by atoms with Crippen molar-refractivity contribution in [1.29, 1.82) is 0 Å². The predicted octanol–water partition coefficient (Wildman–Crippen LogP) is 0.908. The van der Waals surface area contributed by atoms with E-state index < -0.39 is 5.97 Å². The Morgan fingerprint density at radius 2 is 2.53 bits per heavy atom. The second-order valence-corrected chi connectivity index (χ2v) is 4.61. The molecule has 1 unspecified atom stereocenters. The molecule has 0 aliphatic carbocycles. The van der Waals surface area contributed by atoms with Crippen molar-refractivity contribution in [2.75, 3.05) is 20.2 Å². The zero-order valence-corrected chi connectivity index (χ0v) is 10.2. The maximum Gasteiger partial charge on any atom is 0.374 e. The second-order valence-electron chi connectivity index (χ2n) is 4.61. The first-order valence-electron chi connectivity index (χ1n) is 5.75. The summed E-state index contributed by atoms with van der Waals surface area (Å²) in [5, 5.41) is 6.76. The lowest BCUT2D eigenvalue weighted by atomic mass is 10.0. The van der Waals surface area contributed by atoms with E-state index in [4.69, 9.17) is 4.42 Å². The van der Waals surface area contributed by atoms with Crippen molar-refractivity contribution in [3.8, 4) is 0 Å². The molecule has 0 saturated carbocycles.